The lowest BCUT2D eigenvalue weighted by molar-refractivity contribution is -0.140. The van der Waals surface area contributed by atoms with Crippen LogP contribution in [0.4, 0.5) is 0 Å². The number of hydrogen-bond acceptors (Lipinski definition) is 8. The average molecular weight is 478 g/mol. The van der Waals surface area contributed by atoms with Gasteiger partial charge in [0, 0.05) is 37.4 Å². The number of fused-ring (bicyclic) bond motifs is 5. The van der Waals surface area contributed by atoms with Crippen LogP contribution in [0.5, 0.6) is 0 Å². The van der Waals surface area contributed by atoms with Gasteiger partial charge in [-0.2, -0.15) is 4.91 Å². The minimum Gasteiger partial charge on any atom is -0.462 e. The van der Waals surface area contributed by atoms with Gasteiger partial charge in [-0.25, -0.2) is 9.59 Å². The predicted octanol–water partition coefficient (Wildman–Crippen LogP) is 4.08. The molecule has 0 N–H and O–H groups in total. The summed E-state index contributed by atoms with van der Waals surface area (Å²) in [5.74, 6) is 3.31. The number of rotatable bonds is 15. The van der Waals surface area contributed by atoms with E-state index in [1.54, 1.807) is 13.8 Å². The van der Waals surface area contributed by atoms with E-state index in [-0.39, 0.29) is 19.2 Å². The number of nitroso groups, excluding NO2 is 1. The molecule has 34 heavy (non-hydrogen) atoms. The molecule has 0 amide bonds. The Balaban J connectivity index is 1.31. The van der Waals surface area contributed by atoms with Crippen molar-refractivity contribution in [3.8, 4) is 0 Å². The molecule has 7 atom stereocenters. The number of hydrogen-bond donors (Lipinski definition) is 0. The van der Waals surface area contributed by atoms with Gasteiger partial charge in [0.2, 0.25) is 0 Å². The van der Waals surface area contributed by atoms with Crippen LogP contribution in [0.15, 0.2) is 29.5 Å². The molecule has 3 aliphatic rings. The van der Waals surface area contributed by atoms with Gasteiger partial charge >= 0.3 is 11.9 Å². The summed E-state index contributed by atoms with van der Waals surface area (Å²) in [4.78, 5) is 33.9. The van der Waals surface area contributed by atoms with E-state index in [9.17, 15) is 14.5 Å². The van der Waals surface area contributed by atoms with Crippen molar-refractivity contribution in [3.05, 3.63) is 29.2 Å². The molecule has 8 heteroatoms. The monoisotopic (exact) mass is 477 g/mol. The molecule has 0 aromatic rings. The van der Waals surface area contributed by atoms with Gasteiger partial charge in [-0.3, -0.25) is 0 Å². The lowest BCUT2D eigenvalue weighted by Crippen LogP contribution is -2.27. The third-order valence-electron chi connectivity index (χ3n) is 7.62. The fourth-order valence-electron chi connectivity index (χ4n) is 6.11. The van der Waals surface area contributed by atoms with Crippen molar-refractivity contribution in [2.45, 2.75) is 52.0 Å². The first-order valence-corrected chi connectivity index (χ1v) is 12.4. The highest BCUT2D eigenvalue weighted by Crippen LogP contribution is 2.62. The summed E-state index contributed by atoms with van der Waals surface area (Å²) in [6, 6.07) is -0.689. The topological polar surface area (TPSA) is 100 Å². The third-order valence-corrected chi connectivity index (χ3v) is 7.62. The van der Waals surface area contributed by atoms with E-state index in [0.29, 0.717) is 49.2 Å². The zero-order chi connectivity index (χ0) is 24.7. The molecule has 7 unspecified atom stereocenters. The van der Waals surface area contributed by atoms with E-state index in [0.717, 1.165) is 30.3 Å². The lowest BCUT2D eigenvalue weighted by Gasteiger charge is -2.31. The van der Waals surface area contributed by atoms with Gasteiger partial charge in [0.05, 0.1) is 13.2 Å². The van der Waals surface area contributed by atoms with Crippen LogP contribution >= 0.6 is 0 Å². The quantitative estimate of drug-likeness (QED) is 0.152. The highest BCUT2D eigenvalue weighted by molar-refractivity contribution is 5.87. The largest absolute Gasteiger partial charge is 0.462 e. The van der Waals surface area contributed by atoms with E-state index in [2.05, 4.69) is 18.3 Å². The first-order chi connectivity index (χ1) is 16.3. The van der Waals surface area contributed by atoms with Crippen LogP contribution in [0.25, 0.3) is 0 Å². The summed E-state index contributed by atoms with van der Waals surface area (Å²) in [5.41, 5.74) is 0.715. The Morgan fingerprint density at radius 2 is 1.56 bits per heavy atom. The van der Waals surface area contributed by atoms with Crippen LogP contribution < -0.4 is 0 Å². The summed E-state index contributed by atoms with van der Waals surface area (Å²) in [7, 11) is 0. The van der Waals surface area contributed by atoms with E-state index >= 15 is 0 Å². The van der Waals surface area contributed by atoms with Gasteiger partial charge in [-0.05, 0) is 75.0 Å². The Bertz CT molecular complexity index is 766. The van der Waals surface area contributed by atoms with E-state index in [1.807, 2.05) is 0 Å². The second kappa shape index (κ2) is 12.6. The van der Waals surface area contributed by atoms with Gasteiger partial charge in [-0.15, -0.1) is 0 Å². The normalized spacial score (nSPS) is 29.9. The molecule has 3 rings (SSSR count). The van der Waals surface area contributed by atoms with Crippen LogP contribution in [0, 0.1) is 40.4 Å². The molecule has 0 saturated heterocycles. The fourth-order valence-corrected chi connectivity index (χ4v) is 6.11. The van der Waals surface area contributed by atoms with Crippen molar-refractivity contribution < 1.29 is 28.5 Å². The first kappa shape index (κ1) is 26.5. The molecular weight excluding hydrogens is 438 g/mol. The molecule has 3 aliphatic carbocycles. The summed E-state index contributed by atoms with van der Waals surface area (Å²) in [6.07, 6.45) is 5.63. The van der Waals surface area contributed by atoms with E-state index in [4.69, 9.17) is 18.9 Å². The zero-order valence-corrected chi connectivity index (χ0v) is 20.5. The SMILES string of the molecule is C=C(C)C(=O)OCCCOCC1CC2CC1C1CC(COCC(COC(=O)C(=C)C)N=O)CC21. The molecule has 8 nitrogen and oxygen atoms in total. The predicted molar refractivity (Wildman–Crippen MR) is 127 cm³/mol. The van der Waals surface area contributed by atoms with E-state index in [1.165, 1.54) is 25.7 Å². The Kier molecular flexibility index (Phi) is 9.83. The Labute approximate surface area is 202 Å². The second-order valence-electron chi connectivity index (χ2n) is 10.3. The van der Waals surface area contributed by atoms with Crippen molar-refractivity contribution >= 4 is 11.9 Å². The average Bonchev–Trinajstić information content (AvgIpc) is 3.49. The second-order valence-corrected chi connectivity index (χ2v) is 10.3. The molecule has 0 spiro atoms. The van der Waals surface area contributed by atoms with Gasteiger partial charge in [-0.1, -0.05) is 18.3 Å². The number of esters is 2. The maximum atomic E-state index is 11.5. The molecular formula is C26H39NO7. The number of carbonyl (C=O) groups excluding carboxylic acids is 2. The highest BCUT2D eigenvalue weighted by atomic mass is 16.5. The Hall–Kier alpha value is -2.06. The zero-order valence-electron chi connectivity index (χ0n) is 20.5. The lowest BCUT2D eigenvalue weighted by atomic mass is 9.76. The van der Waals surface area contributed by atoms with Crippen LogP contribution in [0.2, 0.25) is 0 Å². The highest BCUT2D eigenvalue weighted by Gasteiger charge is 2.55. The maximum absolute atomic E-state index is 11.5. The molecule has 3 saturated carbocycles. The van der Waals surface area contributed by atoms with Crippen molar-refractivity contribution in [3.63, 3.8) is 0 Å². The molecule has 0 radical (unpaired) electrons. The van der Waals surface area contributed by atoms with Crippen molar-refractivity contribution in [1.82, 2.24) is 0 Å². The van der Waals surface area contributed by atoms with Crippen molar-refractivity contribution in [2.24, 2.45) is 40.7 Å². The number of nitrogens with zero attached hydrogens (tertiary/aromatic N) is 1. The minimum atomic E-state index is -0.689. The molecule has 190 valence electrons. The summed E-state index contributed by atoms with van der Waals surface area (Å²) < 4.78 is 21.8. The third kappa shape index (κ3) is 6.98. The van der Waals surface area contributed by atoms with Crippen LogP contribution in [0.3, 0.4) is 0 Å². The molecule has 0 aromatic carbocycles. The summed E-state index contributed by atoms with van der Waals surface area (Å²) >= 11 is 0. The summed E-state index contributed by atoms with van der Waals surface area (Å²) in [6.45, 7) is 12.8. The molecule has 0 aromatic heterocycles. The number of carbonyl (C=O) groups is 2. The van der Waals surface area contributed by atoms with Crippen LogP contribution in [-0.4, -0.2) is 57.6 Å². The fraction of sp³-hybridized carbons (Fsp3) is 0.769. The first-order valence-electron chi connectivity index (χ1n) is 12.4. The van der Waals surface area contributed by atoms with Crippen LogP contribution in [-0.2, 0) is 28.5 Å². The van der Waals surface area contributed by atoms with E-state index < -0.39 is 12.0 Å². The van der Waals surface area contributed by atoms with Crippen molar-refractivity contribution in [2.75, 3.05) is 39.6 Å². The Morgan fingerprint density at radius 1 is 0.853 bits per heavy atom. The summed E-state index contributed by atoms with van der Waals surface area (Å²) in [5, 5.41) is 3.02. The van der Waals surface area contributed by atoms with Gasteiger partial charge in [0.15, 0.2) is 0 Å². The van der Waals surface area contributed by atoms with Gasteiger partial charge in [0.25, 0.3) is 0 Å². The van der Waals surface area contributed by atoms with Gasteiger partial charge in [0.1, 0.15) is 12.6 Å². The molecule has 0 heterocycles. The minimum absolute atomic E-state index is 0.0761. The standard InChI is InChI=1S/C26H39NO7/c1-16(2)25(28)33-7-5-6-31-13-20-10-19-11-23(20)24-9-18(8-22(19)24)12-32-14-21(27-30)15-34-26(29)17(3)4/h18-24H,1,3,5-15H2,2,4H3. The molecule has 0 aliphatic heterocycles. The molecule has 2 bridgehead atoms. The Morgan fingerprint density at radius 3 is 2.26 bits per heavy atom. The van der Waals surface area contributed by atoms with Gasteiger partial charge < -0.3 is 18.9 Å². The number of ether oxygens (including phenoxy) is 4. The smallest absolute Gasteiger partial charge is 0.333 e. The van der Waals surface area contributed by atoms with Crippen LogP contribution in [0.1, 0.15) is 46.0 Å². The maximum Gasteiger partial charge on any atom is 0.333 e. The molecule has 3 fully saturated rings. The van der Waals surface area contributed by atoms with Crippen molar-refractivity contribution in [1.29, 1.82) is 0 Å².